The fourth-order valence-electron chi connectivity index (χ4n) is 4.66. The third-order valence-electron chi connectivity index (χ3n) is 6.72. The highest BCUT2D eigenvalue weighted by atomic mass is 32.2. The van der Waals surface area contributed by atoms with Crippen LogP contribution in [-0.4, -0.2) is 69.4 Å². The van der Waals surface area contributed by atoms with Crippen molar-refractivity contribution < 1.29 is 22.7 Å². The van der Waals surface area contributed by atoms with Gasteiger partial charge in [-0.15, -0.1) is 0 Å². The molecule has 9 heteroatoms. The molecule has 1 atom stereocenters. The molecule has 0 fully saturated rings. The second kappa shape index (κ2) is 14.3. The zero-order chi connectivity index (χ0) is 28.4. The van der Waals surface area contributed by atoms with Crippen molar-refractivity contribution in [1.29, 1.82) is 0 Å². The Bertz CT molecular complexity index is 1240. The first-order valence-electron chi connectivity index (χ1n) is 13.6. The Kier molecular flexibility index (Phi) is 11.1. The lowest BCUT2D eigenvalue weighted by Gasteiger charge is -2.32. The summed E-state index contributed by atoms with van der Waals surface area (Å²) in [5.74, 6) is 0.283. The SMILES string of the molecule is CC(=O)N1CCC/C=C/CN(C)C(=O)c2cc(S(=O)(=O)NCCc3ccccc3)ccc2OC[C@@H]1CC(C)C. The Morgan fingerprint density at radius 2 is 1.87 bits per heavy atom. The number of hydrogen-bond donors (Lipinski definition) is 1. The van der Waals surface area contributed by atoms with Gasteiger partial charge in [-0.2, -0.15) is 0 Å². The van der Waals surface area contributed by atoms with Gasteiger partial charge in [0, 0.05) is 33.6 Å². The number of likely N-dealkylation sites (N-methyl/N-ethyl adjacent to an activating group) is 1. The summed E-state index contributed by atoms with van der Waals surface area (Å²) in [7, 11) is -2.17. The van der Waals surface area contributed by atoms with Gasteiger partial charge in [-0.05, 0) is 55.4 Å². The fraction of sp³-hybridized carbons (Fsp3) is 0.467. The largest absolute Gasteiger partial charge is 0.491 e. The van der Waals surface area contributed by atoms with Gasteiger partial charge in [-0.3, -0.25) is 9.59 Å². The summed E-state index contributed by atoms with van der Waals surface area (Å²) in [5.41, 5.74) is 1.20. The maximum absolute atomic E-state index is 13.4. The molecule has 0 aromatic heterocycles. The van der Waals surface area contributed by atoms with E-state index < -0.39 is 10.0 Å². The molecule has 2 aromatic rings. The predicted molar refractivity (Wildman–Crippen MR) is 153 cm³/mol. The van der Waals surface area contributed by atoms with Gasteiger partial charge in [0.1, 0.15) is 12.4 Å². The zero-order valence-corrected chi connectivity index (χ0v) is 24.2. The summed E-state index contributed by atoms with van der Waals surface area (Å²) in [4.78, 5) is 29.4. The molecule has 39 heavy (non-hydrogen) atoms. The Labute approximate surface area is 233 Å². The van der Waals surface area contributed by atoms with Crippen LogP contribution in [0.15, 0.2) is 65.6 Å². The van der Waals surface area contributed by atoms with Crippen LogP contribution in [0.5, 0.6) is 5.75 Å². The topological polar surface area (TPSA) is 96.0 Å². The van der Waals surface area contributed by atoms with Crippen LogP contribution in [0.3, 0.4) is 0 Å². The highest BCUT2D eigenvalue weighted by Crippen LogP contribution is 2.26. The number of carbonyl (C=O) groups excluding carboxylic acids is 2. The van der Waals surface area contributed by atoms with Crippen LogP contribution in [0.1, 0.15) is 56.0 Å². The first kappa shape index (κ1) is 30.4. The number of sulfonamides is 1. The summed E-state index contributed by atoms with van der Waals surface area (Å²) < 4.78 is 35.0. The second-order valence-electron chi connectivity index (χ2n) is 10.4. The van der Waals surface area contributed by atoms with Crippen molar-refractivity contribution in [2.24, 2.45) is 5.92 Å². The quantitative estimate of drug-likeness (QED) is 0.515. The van der Waals surface area contributed by atoms with Crippen LogP contribution < -0.4 is 9.46 Å². The van der Waals surface area contributed by atoms with Crippen molar-refractivity contribution in [1.82, 2.24) is 14.5 Å². The van der Waals surface area contributed by atoms with Gasteiger partial charge in [0.2, 0.25) is 15.9 Å². The molecule has 8 nitrogen and oxygen atoms in total. The normalized spacial score (nSPS) is 18.3. The summed E-state index contributed by atoms with van der Waals surface area (Å²) in [6, 6.07) is 13.8. The number of nitrogens with one attached hydrogen (secondary N) is 1. The van der Waals surface area contributed by atoms with Gasteiger partial charge < -0.3 is 14.5 Å². The van der Waals surface area contributed by atoms with E-state index in [0.717, 1.165) is 24.8 Å². The number of ether oxygens (including phenoxy) is 1. The lowest BCUT2D eigenvalue weighted by molar-refractivity contribution is -0.132. The van der Waals surface area contributed by atoms with E-state index >= 15 is 0 Å². The second-order valence-corrected chi connectivity index (χ2v) is 12.2. The molecule has 0 saturated heterocycles. The Hall–Kier alpha value is -3.17. The maximum atomic E-state index is 13.4. The summed E-state index contributed by atoms with van der Waals surface area (Å²) in [5, 5.41) is 0. The highest BCUT2D eigenvalue weighted by Gasteiger charge is 2.26. The fourth-order valence-corrected chi connectivity index (χ4v) is 5.72. The minimum Gasteiger partial charge on any atom is -0.491 e. The van der Waals surface area contributed by atoms with Crippen LogP contribution in [0.2, 0.25) is 0 Å². The minimum absolute atomic E-state index is 0.000382. The lowest BCUT2D eigenvalue weighted by Crippen LogP contribution is -2.44. The molecule has 212 valence electrons. The van der Waals surface area contributed by atoms with Crippen molar-refractivity contribution in [3.05, 3.63) is 71.8 Å². The van der Waals surface area contributed by atoms with Gasteiger partial charge in [0.05, 0.1) is 16.5 Å². The van der Waals surface area contributed by atoms with Gasteiger partial charge in [-0.1, -0.05) is 56.3 Å². The molecule has 2 amide bonds. The van der Waals surface area contributed by atoms with Crippen LogP contribution in [-0.2, 0) is 21.2 Å². The van der Waals surface area contributed by atoms with E-state index in [2.05, 4.69) is 18.6 Å². The van der Waals surface area contributed by atoms with Gasteiger partial charge in [0.25, 0.3) is 5.91 Å². The molecule has 1 aliphatic rings. The number of hydrogen-bond acceptors (Lipinski definition) is 5. The molecule has 0 bridgehead atoms. The molecule has 0 aliphatic carbocycles. The number of rotatable bonds is 7. The average molecular weight is 556 g/mol. The third-order valence-corrected chi connectivity index (χ3v) is 8.18. The van der Waals surface area contributed by atoms with E-state index in [1.807, 2.05) is 47.4 Å². The summed E-state index contributed by atoms with van der Waals surface area (Å²) in [6.07, 6.45) is 6.83. The van der Waals surface area contributed by atoms with E-state index in [0.29, 0.717) is 31.2 Å². The summed E-state index contributed by atoms with van der Waals surface area (Å²) in [6.45, 7) is 7.20. The number of amides is 2. The molecular formula is C30H41N3O5S. The molecule has 0 saturated carbocycles. The molecular weight excluding hydrogens is 514 g/mol. The monoisotopic (exact) mass is 555 g/mol. The van der Waals surface area contributed by atoms with Crippen LogP contribution in [0, 0.1) is 5.92 Å². The van der Waals surface area contributed by atoms with Crippen molar-refractivity contribution in [3.8, 4) is 5.75 Å². The van der Waals surface area contributed by atoms with Crippen LogP contribution in [0.25, 0.3) is 0 Å². The predicted octanol–water partition coefficient (Wildman–Crippen LogP) is 4.27. The first-order valence-corrected chi connectivity index (χ1v) is 15.0. The third kappa shape index (κ3) is 8.93. The highest BCUT2D eigenvalue weighted by molar-refractivity contribution is 7.89. The van der Waals surface area contributed by atoms with Gasteiger partial charge >= 0.3 is 0 Å². The Balaban J connectivity index is 1.90. The Morgan fingerprint density at radius 3 is 2.56 bits per heavy atom. The molecule has 0 spiro atoms. The molecule has 3 rings (SSSR count). The maximum Gasteiger partial charge on any atom is 0.257 e. The minimum atomic E-state index is -3.86. The van der Waals surface area contributed by atoms with E-state index in [1.165, 1.54) is 17.0 Å². The first-order chi connectivity index (χ1) is 18.6. The lowest BCUT2D eigenvalue weighted by atomic mass is 10.0. The van der Waals surface area contributed by atoms with Gasteiger partial charge in [0.15, 0.2) is 0 Å². The number of allylic oxidation sites excluding steroid dienone is 1. The van der Waals surface area contributed by atoms with Gasteiger partial charge in [-0.25, -0.2) is 13.1 Å². The molecule has 1 aliphatic heterocycles. The smallest absolute Gasteiger partial charge is 0.257 e. The molecule has 1 N–H and O–H groups in total. The van der Waals surface area contributed by atoms with Crippen molar-refractivity contribution in [2.45, 2.75) is 57.4 Å². The zero-order valence-electron chi connectivity index (χ0n) is 23.4. The number of benzene rings is 2. The van der Waals surface area contributed by atoms with Crippen molar-refractivity contribution in [3.63, 3.8) is 0 Å². The number of carbonyl (C=O) groups is 2. The van der Waals surface area contributed by atoms with E-state index in [4.69, 9.17) is 4.74 Å². The number of fused-ring (bicyclic) bond motifs is 1. The average Bonchev–Trinajstić information content (AvgIpc) is 2.89. The van der Waals surface area contributed by atoms with Crippen molar-refractivity contribution >= 4 is 21.8 Å². The van der Waals surface area contributed by atoms with Crippen molar-refractivity contribution in [2.75, 3.05) is 33.3 Å². The molecule has 2 aromatic carbocycles. The molecule has 0 unspecified atom stereocenters. The molecule has 0 radical (unpaired) electrons. The van der Waals surface area contributed by atoms with E-state index in [9.17, 15) is 18.0 Å². The molecule has 1 heterocycles. The van der Waals surface area contributed by atoms with E-state index in [1.54, 1.807) is 20.0 Å². The number of nitrogens with zero attached hydrogens (tertiary/aromatic N) is 2. The van der Waals surface area contributed by atoms with Crippen LogP contribution >= 0.6 is 0 Å². The van der Waals surface area contributed by atoms with Crippen LogP contribution in [0.4, 0.5) is 0 Å². The standard InChI is InChI=1S/C30H41N3O5S/c1-23(2)20-26-22-38-29-15-14-27(39(36,37)31-17-16-25-12-8-7-9-13-25)21-28(29)30(35)32(4)18-10-5-6-11-19-33(26)24(3)34/h5,7-10,12-15,21,23,26,31H,6,11,16-20,22H2,1-4H3/b10-5+/t26-/m0/s1. The summed E-state index contributed by atoms with van der Waals surface area (Å²) >= 11 is 0. The van der Waals surface area contributed by atoms with E-state index in [-0.39, 0.29) is 41.5 Å². The Morgan fingerprint density at radius 1 is 1.13 bits per heavy atom.